The molecule has 0 amide bonds. The first-order chi connectivity index (χ1) is 4.84. The molecule has 0 atom stereocenters. The van der Waals surface area contributed by atoms with Crippen LogP contribution in [0, 0.1) is 6.92 Å². The summed E-state index contributed by atoms with van der Waals surface area (Å²) in [5.41, 5.74) is 3.07. The van der Waals surface area contributed by atoms with Crippen molar-refractivity contribution < 1.29 is 0 Å². The molecule has 1 rings (SSSR count). The van der Waals surface area contributed by atoms with Crippen molar-refractivity contribution in [3.8, 4) is 0 Å². The van der Waals surface area contributed by atoms with E-state index in [1.54, 1.807) is 11.3 Å². The standard InChI is InChI=1S/C8H11NS/c1-3-4-5-8-7(2)9-6-10-8/h3,6H,1,4-5H2,2H3. The van der Waals surface area contributed by atoms with Crippen molar-refractivity contribution in [1.29, 1.82) is 0 Å². The van der Waals surface area contributed by atoms with Crippen LogP contribution in [0.5, 0.6) is 0 Å². The summed E-state index contributed by atoms with van der Waals surface area (Å²) in [6.07, 6.45) is 4.10. The van der Waals surface area contributed by atoms with E-state index < -0.39 is 0 Å². The number of hydrogen-bond acceptors (Lipinski definition) is 2. The molecule has 1 aromatic rings. The summed E-state index contributed by atoms with van der Waals surface area (Å²) >= 11 is 1.73. The molecule has 1 aromatic heterocycles. The predicted octanol–water partition coefficient (Wildman–Crippen LogP) is 2.57. The molecule has 0 unspecified atom stereocenters. The highest BCUT2D eigenvalue weighted by Crippen LogP contribution is 2.13. The number of hydrogen-bond donors (Lipinski definition) is 0. The van der Waals surface area contributed by atoms with Crippen molar-refractivity contribution in [1.82, 2.24) is 4.98 Å². The van der Waals surface area contributed by atoms with Gasteiger partial charge in [0.1, 0.15) is 0 Å². The van der Waals surface area contributed by atoms with Crippen LogP contribution in [-0.4, -0.2) is 4.98 Å². The zero-order valence-corrected chi connectivity index (χ0v) is 6.95. The quantitative estimate of drug-likeness (QED) is 0.608. The van der Waals surface area contributed by atoms with Crippen molar-refractivity contribution >= 4 is 11.3 Å². The molecule has 0 fully saturated rings. The molecule has 0 spiro atoms. The van der Waals surface area contributed by atoms with E-state index in [1.807, 2.05) is 11.6 Å². The molecule has 1 heterocycles. The van der Waals surface area contributed by atoms with Gasteiger partial charge in [-0.3, -0.25) is 0 Å². The van der Waals surface area contributed by atoms with E-state index in [4.69, 9.17) is 0 Å². The first kappa shape index (κ1) is 7.48. The summed E-state index contributed by atoms with van der Waals surface area (Å²) in [7, 11) is 0. The Labute approximate surface area is 65.4 Å². The maximum Gasteiger partial charge on any atom is 0.0797 e. The predicted molar refractivity (Wildman–Crippen MR) is 45.4 cm³/mol. The lowest BCUT2D eigenvalue weighted by molar-refractivity contribution is 1.00. The van der Waals surface area contributed by atoms with Gasteiger partial charge in [0, 0.05) is 4.88 Å². The lowest BCUT2D eigenvalue weighted by atomic mass is 10.2. The molecule has 0 aliphatic carbocycles. The minimum atomic E-state index is 1.06. The third-order valence-electron chi connectivity index (χ3n) is 1.42. The molecule has 0 aliphatic rings. The second-order valence-corrected chi connectivity index (χ2v) is 3.13. The van der Waals surface area contributed by atoms with Gasteiger partial charge in [0.15, 0.2) is 0 Å². The largest absolute Gasteiger partial charge is 0.250 e. The van der Waals surface area contributed by atoms with Crippen molar-refractivity contribution in [3.05, 3.63) is 28.7 Å². The molecule has 0 N–H and O–H groups in total. The summed E-state index contributed by atoms with van der Waals surface area (Å²) in [6, 6.07) is 0. The Kier molecular flexibility index (Phi) is 2.63. The van der Waals surface area contributed by atoms with Crippen LogP contribution in [-0.2, 0) is 6.42 Å². The summed E-state index contributed by atoms with van der Waals surface area (Å²) in [5, 5.41) is 0. The second-order valence-electron chi connectivity index (χ2n) is 2.19. The Balaban J connectivity index is 2.56. The number of thiazole rings is 1. The minimum absolute atomic E-state index is 1.06. The van der Waals surface area contributed by atoms with Gasteiger partial charge in [-0.1, -0.05) is 6.08 Å². The molecule has 10 heavy (non-hydrogen) atoms. The van der Waals surface area contributed by atoms with Crippen LogP contribution in [0.4, 0.5) is 0 Å². The van der Waals surface area contributed by atoms with Gasteiger partial charge in [-0.25, -0.2) is 4.98 Å². The van der Waals surface area contributed by atoms with Crippen molar-refractivity contribution in [3.63, 3.8) is 0 Å². The van der Waals surface area contributed by atoms with Crippen LogP contribution in [0.25, 0.3) is 0 Å². The van der Waals surface area contributed by atoms with Gasteiger partial charge in [-0.05, 0) is 19.8 Å². The van der Waals surface area contributed by atoms with Gasteiger partial charge < -0.3 is 0 Å². The van der Waals surface area contributed by atoms with Crippen LogP contribution in [0.15, 0.2) is 18.2 Å². The molecule has 2 heteroatoms. The van der Waals surface area contributed by atoms with E-state index in [0.29, 0.717) is 0 Å². The van der Waals surface area contributed by atoms with Gasteiger partial charge in [0.25, 0.3) is 0 Å². The zero-order chi connectivity index (χ0) is 7.40. The van der Waals surface area contributed by atoms with E-state index >= 15 is 0 Å². The monoisotopic (exact) mass is 153 g/mol. The van der Waals surface area contributed by atoms with E-state index in [1.165, 1.54) is 10.6 Å². The van der Waals surface area contributed by atoms with Crippen molar-refractivity contribution in [2.24, 2.45) is 0 Å². The normalized spacial score (nSPS) is 9.70. The topological polar surface area (TPSA) is 12.9 Å². The van der Waals surface area contributed by atoms with Crippen LogP contribution in [0.2, 0.25) is 0 Å². The third kappa shape index (κ3) is 1.67. The molecular formula is C8H11NS. The van der Waals surface area contributed by atoms with E-state index in [0.717, 1.165) is 12.8 Å². The fourth-order valence-electron chi connectivity index (χ4n) is 0.799. The summed E-state index contributed by atoms with van der Waals surface area (Å²) in [4.78, 5) is 5.54. The SMILES string of the molecule is C=CCCc1scnc1C. The van der Waals surface area contributed by atoms with Crippen LogP contribution >= 0.6 is 11.3 Å². The highest BCUT2D eigenvalue weighted by Gasteiger charge is 1.97. The molecule has 0 radical (unpaired) electrons. The van der Waals surface area contributed by atoms with Gasteiger partial charge in [0.2, 0.25) is 0 Å². The summed E-state index contributed by atoms with van der Waals surface area (Å²) in [6.45, 7) is 5.72. The first-order valence-electron chi connectivity index (χ1n) is 3.34. The van der Waals surface area contributed by atoms with E-state index in [9.17, 15) is 0 Å². The Morgan fingerprint density at radius 2 is 2.60 bits per heavy atom. The Hall–Kier alpha value is -0.630. The number of rotatable bonds is 3. The smallest absolute Gasteiger partial charge is 0.0797 e. The van der Waals surface area contributed by atoms with Crippen LogP contribution < -0.4 is 0 Å². The molecule has 1 nitrogen and oxygen atoms in total. The van der Waals surface area contributed by atoms with Gasteiger partial charge in [-0.2, -0.15) is 0 Å². The Bertz CT molecular complexity index is 215. The van der Waals surface area contributed by atoms with Crippen molar-refractivity contribution in [2.75, 3.05) is 0 Å². The fourth-order valence-corrected chi connectivity index (χ4v) is 1.60. The molecule has 0 aromatic carbocycles. The molecule has 0 aliphatic heterocycles. The van der Waals surface area contributed by atoms with E-state index in [2.05, 4.69) is 18.5 Å². The first-order valence-corrected chi connectivity index (χ1v) is 4.22. The Morgan fingerprint density at radius 3 is 3.10 bits per heavy atom. The molecule has 0 bridgehead atoms. The zero-order valence-electron chi connectivity index (χ0n) is 6.13. The van der Waals surface area contributed by atoms with Crippen LogP contribution in [0.3, 0.4) is 0 Å². The number of nitrogens with zero attached hydrogens (tertiary/aromatic N) is 1. The third-order valence-corrected chi connectivity index (χ3v) is 2.42. The van der Waals surface area contributed by atoms with Crippen LogP contribution in [0.1, 0.15) is 17.0 Å². The van der Waals surface area contributed by atoms with E-state index in [-0.39, 0.29) is 0 Å². The molecule has 54 valence electrons. The number of allylic oxidation sites excluding steroid dienone is 1. The summed E-state index contributed by atoms with van der Waals surface area (Å²) in [5.74, 6) is 0. The van der Waals surface area contributed by atoms with Gasteiger partial charge >= 0.3 is 0 Å². The second kappa shape index (κ2) is 3.52. The van der Waals surface area contributed by atoms with Crippen molar-refractivity contribution in [2.45, 2.75) is 19.8 Å². The lowest BCUT2D eigenvalue weighted by Crippen LogP contribution is -1.81. The minimum Gasteiger partial charge on any atom is -0.250 e. The molecule has 0 saturated heterocycles. The Morgan fingerprint density at radius 1 is 1.80 bits per heavy atom. The summed E-state index contributed by atoms with van der Waals surface area (Å²) < 4.78 is 0. The molecular weight excluding hydrogens is 142 g/mol. The highest BCUT2D eigenvalue weighted by atomic mass is 32.1. The average molecular weight is 153 g/mol. The van der Waals surface area contributed by atoms with Gasteiger partial charge in [0.05, 0.1) is 11.2 Å². The average Bonchev–Trinajstić information content (AvgIpc) is 2.31. The van der Waals surface area contributed by atoms with Gasteiger partial charge in [-0.15, -0.1) is 17.9 Å². The lowest BCUT2D eigenvalue weighted by Gasteiger charge is -1.91. The maximum absolute atomic E-state index is 4.15. The highest BCUT2D eigenvalue weighted by molar-refractivity contribution is 7.09. The number of aromatic nitrogens is 1. The fraction of sp³-hybridized carbons (Fsp3) is 0.375. The number of aryl methyl sites for hydroxylation is 2. The molecule has 0 saturated carbocycles. The maximum atomic E-state index is 4.15.